The van der Waals surface area contributed by atoms with E-state index in [1.165, 1.54) is 10.5 Å². The molecule has 24 heavy (non-hydrogen) atoms. The van der Waals surface area contributed by atoms with E-state index in [1.54, 1.807) is 18.8 Å². The van der Waals surface area contributed by atoms with Gasteiger partial charge in [-0.05, 0) is 30.4 Å². The Kier molecular flexibility index (Phi) is 7.18. The molecule has 6 heteroatoms. The van der Waals surface area contributed by atoms with Crippen LogP contribution in [0.2, 0.25) is 0 Å². The molecule has 0 unspecified atom stereocenters. The normalized spacial score (nSPS) is 11.6. The van der Waals surface area contributed by atoms with Gasteiger partial charge in [-0.15, -0.1) is 11.8 Å². The summed E-state index contributed by atoms with van der Waals surface area (Å²) in [4.78, 5) is 5.56. The first-order valence-corrected chi connectivity index (χ1v) is 9.48. The largest absolute Gasteiger partial charge is 0.361 e. The molecule has 2 aromatic rings. The number of guanidine groups is 1. The molecule has 0 atom stereocenters. The Morgan fingerprint density at radius 3 is 2.42 bits per heavy atom. The van der Waals surface area contributed by atoms with E-state index >= 15 is 0 Å². The third-order valence-corrected chi connectivity index (χ3v) is 4.63. The van der Waals surface area contributed by atoms with Gasteiger partial charge in [-0.2, -0.15) is 0 Å². The summed E-state index contributed by atoms with van der Waals surface area (Å²) >= 11 is 1.75. The Morgan fingerprint density at radius 2 is 1.83 bits per heavy atom. The second kappa shape index (κ2) is 9.37. The van der Waals surface area contributed by atoms with E-state index in [0.29, 0.717) is 6.54 Å². The predicted molar refractivity (Wildman–Crippen MR) is 101 cm³/mol. The zero-order valence-corrected chi connectivity index (χ0v) is 15.7. The van der Waals surface area contributed by atoms with Gasteiger partial charge < -0.3 is 15.2 Å². The van der Waals surface area contributed by atoms with E-state index in [0.717, 1.165) is 42.4 Å². The number of nitrogens with zero attached hydrogens (tertiary/aromatic N) is 2. The summed E-state index contributed by atoms with van der Waals surface area (Å²) in [6.45, 7) is 5.57. The van der Waals surface area contributed by atoms with Gasteiger partial charge in [-0.1, -0.05) is 31.1 Å². The molecule has 2 N–H and O–H groups in total. The van der Waals surface area contributed by atoms with Crippen LogP contribution in [0.3, 0.4) is 0 Å². The zero-order chi connectivity index (χ0) is 17.4. The van der Waals surface area contributed by atoms with Crippen LogP contribution in [0.5, 0.6) is 0 Å². The highest BCUT2D eigenvalue weighted by molar-refractivity contribution is 7.98. The minimum atomic E-state index is 0.668. The van der Waals surface area contributed by atoms with Gasteiger partial charge in [-0.25, -0.2) is 0 Å². The fraction of sp³-hybridized carbons (Fsp3) is 0.444. The van der Waals surface area contributed by atoms with Crippen molar-refractivity contribution in [1.29, 1.82) is 0 Å². The number of hydrogen-bond donors (Lipinski definition) is 2. The van der Waals surface area contributed by atoms with Crippen molar-refractivity contribution < 1.29 is 4.52 Å². The molecule has 0 spiro atoms. The average Bonchev–Trinajstić information content (AvgIpc) is 3.04. The summed E-state index contributed by atoms with van der Waals surface area (Å²) < 4.78 is 5.40. The van der Waals surface area contributed by atoms with Crippen LogP contribution in [-0.4, -0.2) is 24.4 Å². The number of benzene rings is 1. The molecular formula is C18H26N4OS. The summed E-state index contributed by atoms with van der Waals surface area (Å²) in [5.74, 6) is 1.72. The van der Waals surface area contributed by atoms with Crippen molar-refractivity contribution in [2.75, 3.05) is 13.3 Å². The maximum Gasteiger partial charge on any atom is 0.191 e. The molecule has 1 aromatic heterocycles. The average molecular weight is 347 g/mol. The molecule has 5 nitrogen and oxygen atoms in total. The number of rotatable bonds is 7. The fourth-order valence-corrected chi connectivity index (χ4v) is 2.87. The van der Waals surface area contributed by atoms with Gasteiger partial charge >= 0.3 is 0 Å². The quantitative estimate of drug-likeness (QED) is 0.457. The van der Waals surface area contributed by atoms with Crippen molar-refractivity contribution in [1.82, 2.24) is 15.8 Å². The van der Waals surface area contributed by atoms with Crippen LogP contribution < -0.4 is 10.6 Å². The standard InChI is InChI=1S/C18H26N4OS/c1-5-16-15(17(6-2)23-22-16)12-21-18(19-3)20-11-13-7-9-14(24-4)10-8-13/h7-10H,5-6,11-12H2,1-4H3,(H2,19,20,21). The van der Waals surface area contributed by atoms with E-state index in [-0.39, 0.29) is 0 Å². The second-order valence-corrected chi connectivity index (χ2v) is 6.25. The summed E-state index contributed by atoms with van der Waals surface area (Å²) in [7, 11) is 1.78. The molecule has 0 aliphatic carbocycles. The van der Waals surface area contributed by atoms with Crippen molar-refractivity contribution in [3.63, 3.8) is 0 Å². The molecule has 0 radical (unpaired) electrons. The van der Waals surface area contributed by atoms with Crippen molar-refractivity contribution in [2.45, 2.75) is 44.7 Å². The van der Waals surface area contributed by atoms with Crippen LogP contribution in [-0.2, 0) is 25.9 Å². The Balaban J connectivity index is 1.91. The number of nitrogens with one attached hydrogen (secondary N) is 2. The number of aliphatic imine (C=N–C) groups is 1. The molecule has 0 bridgehead atoms. The van der Waals surface area contributed by atoms with Gasteiger partial charge in [0.15, 0.2) is 5.96 Å². The Labute approximate surface area is 148 Å². The van der Waals surface area contributed by atoms with Crippen LogP contribution in [0.1, 0.15) is 36.4 Å². The molecule has 0 aliphatic heterocycles. The smallest absolute Gasteiger partial charge is 0.191 e. The lowest BCUT2D eigenvalue weighted by molar-refractivity contribution is 0.380. The molecule has 1 aromatic carbocycles. The van der Waals surface area contributed by atoms with Gasteiger partial charge in [0, 0.05) is 37.0 Å². The first kappa shape index (κ1) is 18.4. The molecule has 2 rings (SSSR count). The van der Waals surface area contributed by atoms with E-state index < -0.39 is 0 Å². The molecule has 0 fully saturated rings. The van der Waals surface area contributed by atoms with Crippen molar-refractivity contribution in [3.05, 3.63) is 46.8 Å². The molecular weight excluding hydrogens is 320 g/mol. The minimum absolute atomic E-state index is 0.668. The number of thioether (sulfide) groups is 1. The van der Waals surface area contributed by atoms with Gasteiger partial charge in [0.1, 0.15) is 5.76 Å². The highest BCUT2D eigenvalue weighted by atomic mass is 32.2. The van der Waals surface area contributed by atoms with Crippen LogP contribution in [0.25, 0.3) is 0 Å². The second-order valence-electron chi connectivity index (χ2n) is 5.37. The summed E-state index contributed by atoms with van der Waals surface area (Å²) in [6.07, 6.45) is 3.80. The van der Waals surface area contributed by atoms with Crippen molar-refractivity contribution >= 4 is 17.7 Å². The predicted octanol–water partition coefficient (Wildman–Crippen LogP) is 3.39. The first-order chi connectivity index (χ1) is 11.7. The van der Waals surface area contributed by atoms with E-state index in [2.05, 4.69) is 65.2 Å². The Hall–Kier alpha value is -1.95. The lowest BCUT2D eigenvalue weighted by Gasteiger charge is -2.12. The van der Waals surface area contributed by atoms with Gasteiger partial charge in [0.25, 0.3) is 0 Å². The Bertz CT molecular complexity index is 643. The monoisotopic (exact) mass is 346 g/mol. The third-order valence-electron chi connectivity index (χ3n) is 3.88. The molecule has 0 amide bonds. The van der Waals surface area contributed by atoms with Crippen LogP contribution >= 0.6 is 11.8 Å². The number of hydrogen-bond acceptors (Lipinski definition) is 4. The lowest BCUT2D eigenvalue weighted by atomic mass is 10.1. The van der Waals surface area contributed by atoms with Crippen LogP contribution in [0.4, 0.5) is 0 Å². The van der Waals surface area contributed by atoms with Crippen molar-refractivity contribution in [3.8, 4) is 0 Å². The summed E-state index contributed by atoms with van der Waals surface area (Å²) in [6, 6.07) is 8.54. The summed E-state index contributed by atoms with van der Waals surface area (Å²) in [5, 5.41) is 10.8. The third kappa shape index (κ3) is 4.77. The molecule has 0 aliphatic rings. The Morgan fingerprint density at radius 1 is 1.12 bits per heavy atom. The van der Waals surface area contributed by atoms with Crippen LogP contribution in [0, 0.1) is 0 Å². The number of aryl methyl sites for hydroxylation is 2. The van der Waals surface area contributed by atoms with Crippen molar-refractivity contribution in [2.24, 2.45) is 4.99 Å². The highest BCUT2D eigenvalue weighted by Gasteiger charge is 2.13. The topological polar surface area (TPSA) is 62.5 Å². The maximum absolute atomic E-state index is 5.40. The minimum Gasteiger partial charge on any atom is -0.361 e. The van der Waals surface area contributed by atoms with Gasteiger partial charge in [-0.3, -0.25) is 4.99 Å². The first-order valence-electron chi connectivity index (χ1n) is 8.25. The van der Waals surface area contributed by atoms with E-state index in [1.807, 2.05) is 0 Å². The SMILES string of the molecule is CCc1noc(CC)c1CNC(=NC)NCc1ccc(SC)cc1. The van der Waals surface area contributed by atoms with Gasteiger partial charge in [0.2, 0.25) is 0 Å². The molecule has 1 heterocycles. The van der Waals surface area contributed by atoms with E-state index in [4.69, 9.17) is 4.52 Å². The molecule has 0 saturated carbocycles. The number of aromatic nitrogens is 1. The van der Waals surface area contributed by atoms with Crippen LogP contribution in [0.15, 0.2) is 38.7 Å². The fourth-order valence-electron chi connectivity index (χ4n) is 2.46. The zero-order valence-electron chi connectivity index (χ0n) is 14.8. The summed E-state index contributed by atoms with van der Waals surface area (Å²) in [5.41, 5.74) is 3.39. The van der Waals surface area contributed by atoms with Gasteiger partial charge in [0.05, 0.1) is 5.69 Å². The molecule has 0 saturated heterocycles. The highest BCUT2D eigenvalue weighted by Crippen LogP contribution is 2.16. The van der Waals surface area contributed by atoms with E-state index in [9.17, 15) is 0 Å². The maximum atomic E-state index is 5.40. The molecule has 130 valence electrons. The lowest BCUT2D eigenvalue weighted by Crippen LogP contribution is -2.36.